The van der Waals surface area contributed by atoms with Gasteiger partial charge in [-0.3, -0.25) is 4.79 Å². The Bertz CT molecular complexity index is 1060. The molecule has 1 aromatic carbocycles. The van der Waals surface area contributed by atoms with Crippen LogP contribution in [0, 0.1) is 5.41 Å². The average Bonchev–Trinajstić information content (AvgIpc) is 3.24. The third-order valence-electron chi connectivity index (χ3n) is 6.07. The highest BCUT2D eigenvalue weighted by Gasteiger charge is 2.34. The number of carboxylic acid groups (broad SMARTS) is 1. The highest BCUT2D eigenvalue weighted by molar-refractivity contribution is 7.91. The van der Waals surface area contributed by atoms with Crippen molar-refractivity contribution >= 4 is 27.3 Å². The first-order chi connectivity index (χ1) is 16.1. The molecule has 1 unspecified atom stereocenters. The first-order valence-corrected chi connectivity index (χ1v) is 14.3. The summed E-state index contributed by atoms with van der Waals surface area (Å²) in [5, 5.41) is 23.1. The summed E-state index contributed by atoms with van der Waals surface area (Å²) in [4.78, 5) is 10.0. The first kappa shape index (κ1) is 31.1. The summed E-state index contributed by atoms with van der Waals surface area (Å²) in [6.07, 6.45) is 2.95. The van der Waals surface area contributed by atoms with Gasteiger partial charge in [0.05, 0.1) is 6.10 Å². The van der Waals surface area contributed by atoms with E-state index in [9.17, 15) is 13.5 Å². The van der Waals surface area contributed by atoms with Crippen molar-refractivity contribution in [3.8, 4) is 5.75 Å². The van der Waals surface area contributed by atoms with Crippen LogP contribution in [0.5, 0.6) is 5.75 Å². The highest BCUT2D eigenvalue weighted by Crippen LogP contribution is 2.44. The van der Waals surface area contributed by atoms with Crippen LogP contribution in [0.3, 0.4) is 0 Å². The lowest BCUT2D eigenvalue weighted by molar-refractivity contribution is -0.134. The van der Waals surface area contributed by atoms with Gasteiger partial charge in [0.2, 0.25) is 10.0 Å². The number of rotatable bonds is 10. The van der Waals surface area contributed by atoms with Crippen molar-refractivity contribution in [2.75, 3.05) is 6.61 Å². The van der Waals surface area contributed by atoms with Gasteiger partial charge in [-0.2, -0.15) is 0 Å². The lowest BCUT2D eigenvalue weighted by Gasteiger charge is -2.32. The van der Waals surface area contributed by atoms with E-state index < -0.39 is 22.1 Å². The molecule has 0 radical (unpaired) electrons. The number of thiophene rings is 1. The minimum atomic E-state index is -3.72. The zero-order valence-electron chi connectivity index (χ0n) is 21.9. The summed E-state index contributed by atoms with van der Waals surface area (Å²) < 4.78 is 29.9. The Balaban J connectivity index is 0.00000142. The summed E-state index contributed by atoms with van der Waals surface area (Å²) in [6, 6.07) is 9.74. The third-order valence-corrected chi connectivity index (χ3v) is 8.80. The Hall–Kier alpha value is -1.94. The number of hydrogen-bond donors (Lipinski definition) is 3. The zero-order valence-corrected chi connectivity index (χ0v) is 23.6. The number of primary sulfonamides is 1. The van der Waals surface area contributed by atoms with Crippen LogP contribution in [-0.4, -0.2) is 37.3 Å². The molecule has 0 aliphatic carbocycles. The summed E-state index contributed by atoms with van der Waals surface area (Å²) in [6.45, 7) is 13.7. The molecular weight excluding hydrogens is 486 g/mol. The molecule has 1 heterocycles. The number of hydrogen-bond acceptors (Lipinski definition) is 6. The van der Waals surface area contributed by atoms with E-state index in [2.05, 4.69) is 32.9 Å². The number of aliphatic hydroxyl groups excluding tert-OH is 1. The Morgan fingerprint density at radius 1 is 1.11 bits per heavy atom. The van der Waals surface area contributed by atoms with E-state index in [1.807, 2.05) is 32.9 Å². The largest absolute Gasteiger partial charge is 0.491 e. The number of aliphatic carboxylic acids is 1. The number of carboxylic acids is 1. The maximum atomic E-state index is 11.8. The molecule has 0 saturated heterocycles. The Labute approximate surface area is 214 Å². The average molecular weight is 528 g/mol. The second-order valence-electron chi connectivity index (χ2n) is 9.74. The molecule has 0 fully saturated rings. The number of sulfonamides is 1. The smallest absolute Gasteiger partial charge is 0.300 e. The number of aryl methyl sites for hydroxylation is 1. The lowest BCUT2D eigenvalue weighted by atomic mass is 9.74. The second kappa shape index (κ2) is 12.9. The normalized spacial score (nSPS) is 13.1. The van der Waals surface area contributed by atoms with E-state index in [1.54, 1.807) is 6.07 Å². The van der Waals surface area contributed by atoms with Crippen LogP contribution in [0.1, 0.15) is 83.7 Å². The molecule has 0 aliphatic rings. The maximum Gasteiger partial charge on any atom is 0.300 e. The van der Waals surface area contributed by atoms with E-state index in [0.717, 1.165) is 54.4 Å². The standard InChI is InChI=1S/C24H37NO4S2.C2H4O2/c1-7-10-17-15-18(11-12-19(17)29-16-20(26)23(4,5)6)24(8-2,9-3)21-13-14-22(30-21)31(25,27)28;1-2(3)4/h11-15,20,26H,7-10,16H2,1-6H3,(H2,25,27,28);1H3,(H,3,4). The van der Waals surface area contributed by atoms with Crippen molar-refractivity contribution in [1.29, 1.82) is 0 Å². The highest BCUT2D eigenvalue weighted by atomic mass is 32.2. The van der Waals surface area contributed by atoms with Crippen LogP contribution in [0.4, 0.5) is 0 Å². The van der Waals surface area contributed by atoms with Crippen molar-refractivity contribution in [2.24, 2.45) is 10.6 Å². The van der Waals surface area contributed by atoms with Crippen LogP contribution in [0.25, 0.3) is 0 Å². The lowest BCUT2D eigenvalue weighted by Crippen LogP contribution is -2.32. The van der Waals surface area contributed by atoms with Crippen molar-refractivity contribution in [3.05, 3.63) is 46.3 Å². The summed E-state index contributed by atoms with van der Waals surface area (Å²) in [7, 11) is -3.72. The van der Waals surface area contributed by atoms with Crippen LogP contribution in [0.2, 0.25) is 0 Å². The van der Waals surface area contributed by atoms with Gasteiger partial charge in [0, 0.05) is 17.2 Å². The van der Waals surface area contributed by atoms with Crippen LogP contribution >= 0.6 is 11.3 Å². The number of ether oxygens (including phenoxy) is 1. The molecular formula is C26H41NO6S2. The number of nitrogens with two attached hydrogens (primary N) is 1. The van der Waals surface area contributed by atoms with Gasteiger partial charge in [-0.1, -0.05) is 60.1 Å². The van der Waals surface area contributed by atoms with Gasteiger partial charge in [-0.25, -0.2) is 13.6 Å². The molecule has 2 aromatic rings. The SMILES string of the molecule is CC(=O)O.CCCc1cc(C(CC)(CC)c2ccc(S(N)(=O)=O)s2)ccc1OCC(O)C(C)(C)C. The fraction of sp³-hybridized carbons (Fsp3) is 0.577. The van der Waals surface area contributed by atoms with Crippen molar-refractivity contribution < 1.29 is 28.2 Å². The van der Waals surface area contributed by atoms with E-state index in [1.165, 1.54) is 11.3 Å². The molecule has 0 spiro atoms. The molecule has 9 heteroatoms. The summed E-state index contributed by atoms with van der Waals surface area (Å²) in [5.74, 6) is -0.0357. The monoisotopic (exact) mass is 527 g/mol. The topological polar surface area (TPSA) is 127 Å². The molecule has 1 atom stereocenters. The molecule has 4 N–H and O–H groups in total. The maximum absolute atomic E-state index is 11.8. The van der Waals surface area contributed by atoms with Gasteiger partial charge in [0.15, 0.2) is 0 Å². The molecule has 2 rings (SSSR count). The van der Waals surface area contributed by atoms with Gasteiger partial charge in [-0.05, 0) is 54.0 Å². The molecule has 0 bridgehead atoms. The summed E-state index contributed by atoms with van der Waals surface area (Å²) >= 11 is 1.25. The van der Waals surface area contributed by atoms with Crippen LogP contribution in [-0.2, 0) is 26.7 Å². The zero-order chi connectivity index (χ0) is 27.0. The number of aliphatic hydroxyl groups is 1. The fourth-order valence-electron chi connectivity index (χ4n) is 3.78. The summed E-state index contributed by atoms with van der Waals surface area (Å²) in [5.41, 5.74) is 1.72. The van der Waals surface area contributed by atoms with Gasteiger partial charge >= 0.3 is 0 Å². The number of carbonyl (C=O) groups is 1. The van der Waals surface area contributed by atoms with Crippen molar-refractivity contribution in [3.63, 3.8) is 0 Å². The molecule has 1 aromatic heterocycles. The van der Waals surface area contributed by atoms with Gasteiger partial charge in [0.25, 0.3) is 5.97 Å². The van der Waals surface area contributed by atoms with E-state index in [0.29, 0.717) is 0 Å². The predicted octanol–water partition coefficient (Wildman–Crippen LogP) is 5.33. The minimum absolute atomic E-state index is 0.193. The Morgan fingerprint density at radius 3 is 2.11 bits per heavy atom. The second-order valence-corrected chi connectivity index (χ2v) is 12.6. The van der Waals surface area contributed by atoms with Gasteiger partial charge in [-0.15, -0.1) is 11.3 Å². The Morgan fingerprint density at radius 2 is 1.69 bits per heavy atom. The van der Waals surface area contributed by atoms with Crippen LogP contribution < -0.4 is 9.88 Å². The third kappa shape index (κ3) is 8.59. The van der Waals surface area contributed by atoms with E-state index in [-0.39, 0.29) is 21.6 Å². The quantitative estimate of drug-likeness (QED) is 0.383. The predicted molar refractivity (Wildman–Crippen MR) is 142 cm³/mol. The van der Waals surface area contributed by atoms with Crippen LogP contribution in [0.15, 0.2) is 34.5 Å². The fourth-order valence-corrected chi connectivity index (χ4v) is 5.86. The molecule has 35 heavy (non-hydrogen) atoms. The molecule has 0 aliphatic heterocycles. The van der Waals surface area contributed by atoms with Crippen molar-refractivity contribution in [2.45, 2.75) is 89.9 Å². The van der Waals surface area contributed by atoms with Gasteiger partial charge in [0.1, 0.15) is 16.6 Å². The molecule has 0 saturated carbocycles. The number of benzene rings is 1. The molecule has 7 nitrogen and oxygen atoms in total. The minimum Gasteiger partial charge on any atom is -0.491 e. The first-order valence-electron chi connectivity index (χ1n) is 11.9. The molecule has 0 amide bonds. The van der Waals surface area contributed by atoms with Gasteiger partial charge < -0.3 is 14.9 Å². The molecule has 198 valence electrons. The van der Waals surface area contributed by atoms with E-state index in [4.69, 9.17) is 19.8 Å². The van der Waals surface area contributed by atoms with Crippen molar-refractivity contribution in [1.82, 2.24) is 0 Å². The van der Waals surface area contributed by atoms with E-state index >= 15 is 0 Å². The Kier molecular flexibility index (Phi) is 11.4.